The quantitative estimate of drug-likeness (QED) is 0.399. The number of halogens is 4. The van der Waals surface area contributed by atoms with Crippen LogP contribution < -0.4 is 24.8 Å². The number of nitrogens with zero attached hydrogens (tertiary/aromatic N) is 1. The number of alkyl halides is 3. The number of hydrogen-bond donors (Lipinski definition) is 2. The number of rotatable bonds is 7. The van der Waals surface area contributed by atoms with Gasteiger partial charge in [-0.05, 0) is 23.8 Å². The van der Waals surface area contributed by atoms with Crippen molar-refractivity contribution in [1.29, 1.82) is 0 Å². The molecular weight excluding hydrogens is 406 g/mol. The molecule has 0 saturated carbocycles. The van der Waals surface area contributed by atoms with Gasteiger partial charge in [-0.15, -0.1) is 0 Å². The van der Waals surface area contributed by atoms with Gasteiger partial charge in [0.25, 0.3) is 0 Å². The molecule has 164 valence electrons. The second-order valence-corrected chi connectivity index (χ2v) is 6.10. The summed E-state index contributed by atoms with van der Waals surface area (Å²) in [6, 6.07) is 5.94. The topological polar surface area (TPSA) is 64.1 Å². The van der Waals surface area contributed by atoms with Gasteiger partial charge in [-0.1, -0.05) is 6.07 Å². The molecule has 0 atom stereocenters. The van der Waals surface area contributed by atoms with E-state index >= 15 is 0 Å². The first-order valence-corrected chi connectivity index (χ1v) is 8.82. The van der Waals surface area contributed by atoms with Crippen molar-refractivity contribution in [3.8, 4) is 17.2 Å². The molecule has 0 fully saturated rings. The van der Waals surface area contributed by atoms with E-state index in [9.17, 15) is 17.6 Å². The summed E-state index contributed by atoms with van der Waals surface area (Å²) in [5.74, 6) is 0.836. The molecule has 2 aromatic carbocycles. The standard InChI is InChI=1S/C20H23F4N3O3/c1-25-19(26-10-12-5-6-14(21)8-15(12)20(22,23)24)27-11-13-7-17(29-3)18(30-4)9-16(13)28-2/h5-9H,10-11H2,1-4H3,(H2,25,26,27). The van der Waals surface area contributed by atoms with Crippen LogP contribution in [0, 0.1) is 5.82 Å². The molecule has 0 radical (unpaired) electrons. The molecular formula is C20H23F4N3O3. The number of methoxy groups -OCH3 is 3. The molecule has 2 rings (SSSR count). The van der Waals surface area contributed by atoms with Gasteiger partial charge in [0.15, 0.2) is 17.5 Å². The van der Waals surface area contributed by atoms with Crippen molar-refractivity contribution in [3.63, 3.8) is 0 Å². The number of aliphatic imine (C=N–C) groups is 1. The van der Waals surface area contributed by atoms with Gasteiger partial charge >= 0.3 is 6.18 Å². The van der Waals surface area contributed by atoms with Crippen molar-refractivity contribution in [1.82, 2.24) is 10.6 Å². The average molecular weight is 429 g/mol. The fourth-order valence-corrected chi connectivity index (χ4v) is 2.78. The first-order chi connectivity index (χ1) is 14.2. The molecule has 0 saturated heterocycles. The molecule has 0 aliphatic rings. The number of guanidine groups is 1. The van der Waals surface area contributed by atoms with E-state index in [0.29, 0.717) is 23.3 Å². The maximum Gasteiger partial charge on any atom is 0.416 e. The van der Waals surface area contributed by atoms with Crippen LogP contribution in [-0.2, 0) is 19.3 Å². The van der Waals surface area contributed by atoms with Gasteiger partial charge in [0.1, 0.15) is 11.6 Å². The largest absolute Gasteiger partial charge is 0.496 e. The highest BCUT2D eigenvalue weighted by atomic mass is 19.4. The van der Waals surface area contributed by atoms with Gasteiger partial charge in [-0.2, -0.15) is 13.2 Å². The van der Waals surface area contributed by atoms with Crippen LogP contribution in [0.1, 0.15) is 16.7 Å². The minimum atomic E-state index is -4.66. The monoisotopic (exact) mass is 429 g/mol. The minimum absolute atomic E-state index is 0.101. The van der Waals surface area contributed by atoms with E-state index in [0.717, 1.165) is 17.7 Å². The van der Waals surface area contributed by atoms with E-state index in [-0.39, 0.29) is 24.6 Å². The van der Waals surface area contributed by atoms with Crippen LogP contribution in [0.3, 0.4) is 0 Å². The van der Waals surface area contributed by atoms with E-state index in [1.54, 1.807) is 12.1 Å². The van der Waals surface area contributed by atoms with Crippen LogP contribution in [0.5, 0.6) is 17.2 Å². The smallest absolute Gasteiger partial charge is 0.416 e. The van der Waals surface area contributed by atoms with Crippen LogP contribution in [0.15, 0.2) is 35.3 Å². The molecule has 2 N–H and O–H groups in total. The highest BCUT2D eigenvalue weighted by Gasteiger charge is 2.33. The van der Waals surface area contributed by atoms with Crippen molar-refractivity contribution in [2.75, 3.05) is 28.4 Å². The third-order valence-electron chi connectivity index (χ3n) is 4.28. The number of ether oxygens (including phenoxy) is 3. The Balaban J connectivity index is 2.12. The molecule has 30 heavy (non-hydrogen) atoms. The summed E-state index contributed by atoms with van der Waals surface area (Å²) >= 11 is 0. The summed E-state index contributed by atoms with van der Waals surface area (Å²) in [6.07, 6.45) is -4.66. The van der Waals surface area contributed by atoms with Gasteiger partial charge in [-0.3, -0.25) is 4.99 Å². The highest BCUT2D eigenvalue weighted by molar-refractivity contribution is 5.79. The Hall–Kier alpha value is -3.17. The Bertz CT molecular complexity index is 902. The molecule has 10 heteroatoms. The average Bonchev–Trinajstić information content (AvgIpc) is 2.73. The Labute approximate surface area is 171 Å². The lowest BCUT2D eigenvalue weighted by Gasteiger charge is -2.17. The molecule has 2 aromatic rings. The van der Waals surface area contributed by atoms with Crippen LogP contribution in [-0.4, -0.2) is 34.3 Å². The van der Waals surface area contributed by atoms with Crippen LogP contribution >= 0.6 is 0 Å². The second-order valence-electron chi connectivity index (χ2n) is 6.10. The first kappa shape index (κ1) is 23.1. The summed E-state index contributed by atoms with van der Waals surface area (Å²) in [5.41, 5.74) is -0.418. The molecule has 0 aliphatic heterocycles. The predicted molar refractivity (Wildman–Crippen MR) is 105 cm³/mol. The Morgan fingerprint density at radius 2 is 1.43 bits per heavy atom. The summed E-state index contributed by atoms with van der Waals surface area (Å²) < 4.78 is 68.5. The number of hydrogen-bond acceptors (Lipinski definition) is 4. The molecule has 6 nitrogen and oxygen atoms in total. The third kappa shape index (κ3) is 5.68. The third-order valence-corrected chi connectivity index (χ3v) is 4.28. The maximum atomic E-state index is 13.3. The summed E-state index contributed by atoms with van der Waals surface area (Å²) in [6.45, 7) is 0.0522. The number of benzene rings is 2. The summed E-state index contributed by atoms with van der Waals surface area (Å²) in [4.78, 5) is 4.00. The normalized spacial score (nSPS) is 11.8. The fourth-order valence-electron chi connectivity index (χ4n) is 2.78. The summed E-state index contributed by atoms with van der Waals surface area (Å²) in [7, 11) is 6.00. The van der Waals surface area contributed by atoms with E-state index in [1.165, 1.54) is 28.4 Å². The van der Waals surface area contributed by atoms with Gasteiger partial charge in [0.2, 0.25) is 0 Å². The molecule has 0 amide bonds. The molecule has 0 heterocycles. The van der Waals surface area contributed by atoms with Crippen molar-refractivity contribution in [2.24, 2.45) is 4.99 Å². The highest BCUT2D eigenvalue weighted by Crippen LogP contribution is 2.35. The Morgan fingerprint density at radius 1 is 0.867 bits per heavy atom. The second kappa shape index (κ2) is 10.0. The zero-order chi connectivity index (χ0) is 22.3. The first-order valence-electron chi connectivity index (χ1n) is 8.82. The van der Waals surface area contributed by atoms with E-state index in [4.69, 9.17) is 14.2 Å². The zero-order valence-electron chi connectivity index (χ0n) is 17.0. The van der Waals surface area contributed by atoms with Crippen LogP contribution in [0.25, 0.3) is 0 Å². The number of nitrogens with one attached hydrogen (secondary N) is 2. The lowest BCUT2D eigenvalue weighted by molar-refractivity contribution is -0.138. The Kier molecular flexibility index (Phi) is 7.73. The summed E-state index contributed by atoms with van der Waals surface area (Å²) in [5, 5.41) is 5.79. The Morgan fingerprint density at radius 3 is 1.97 bits per heavy atom. The van der Waals surface area contributed by atoms with Gasteiger partial charge < -0.3 is 24.8 Å². The lowest BCUT2D eigenvalue weighted by Crippen LogP contribution is -2.36. The van der Waals surface area contributed by atoms with Crippen molar-refractivity contribution >= 4 is 5.96 Å². The lowest BCUT2D eigenvalue weighted by atomic mass is 10.1. The molecule has 0 spiro atoms. The van der Waals surface area contributed by atoms with Gasteiger partial charge in [0.05, 0.1) is 26.9 Å². The predicted octanol–water partition coefficient (Wildman–Crippen LogP) is 3.74. The molecule has 0 bridgehead atoms. The SMILES string of the molecule is CN=C(NCc1cc(OC)c(OC)cc1OC)NCc1ccc(F)cc1C(F)(F)F. The maximum absolute atomic E-state index is 13.3. The van der Waals surface area contributed by atoms with Crippen molar-refractivity contribution in [3.05, 3.63) is 52.8 Å². The van der Waals surface area contributed by atoms with Gasteiger partial charge in [0, 0.05) is 31.8 Å². The van der Waals surface area contributed by atoms with E-state index in [2.05, 4.69) is 15.6 Å². The van der Waals surface area contributed by atoms with E-state index in [1.807, 2.05) is 0 Å². The van der Waals surface area contributed by atoms with Gasteiger partial charge in [-0.25, -0.2) is 4.39 Å². The zero-order valence-corrected chi connectivity index (χ0v) is 17.0. The molecule has 0 aliphatic carbocycles. The minimum Gasteiger partial charge on any atom is -0.496 e. The van der Waals surface area contributed by atoms with Crippen molar-refractivity contribution in [2.45, 2.75) is 19.3 Å². The van der Waals surface area contributed by atoms with Crippen LogP contribution in [0.2, 0.25) is 0 Å². The molecule has 0 aromatic heterocycles. The van der Waals surface area contributed by atoms with E-state index < -0.39 is 17.6 Å². The van der Waals surface area contributed by atoms with Crippen molar-refractivity contribution < 1.29 is 31.8 Å². The molecule has 0 unspecified atom stereocenters. The fraction of sp³-hybridized carbons (Fsp3) is 0.350. The van der Waals surface area contributed by atoms with Crippen LogP contribution in [0.4, 0.5) is 17.6 Å².